The second-order valence-corrected chi connectivity index (χ2v) is 4.28. The minimum absolute atomic E-state index is 0.209. The maximum atomic E-state index is 9.40. The molecule has 12 heavy (non-hydrogen) atoms. The lowest BCUT2D eigenvalue weighted by Crippen LogP contribution is -2.44. The number of nitrogens with zero attached hydrogens (tertiary/aromatic N) is 1. The van der Waals surface area contributed by atoms with Crippen molar-refractivity contribution in [3.8, 4) is 0 Å². The van der Waals surface area contributed by atoms with E-state index in [1.54, 1.807) is 0 Å². The van der Waals surface area contributed by atoms with Gasteiger partial charge in [-0.15, -0.1) is 0 Å². The first-order valence-corrected chi connectivity index (χ1v) is 5.20. The van der Waals surface area contributed by atoms with Crippen LogP contribution in [0.1, 0.15) is 39.0 Å². The maximum absolute atomic E-state index is 9.40. The molecule has 2 heteroatoms. The fourth-order valence-electron chi connectivity index (χ4n) is 3.06. The van der Waals surface area contributed by atoms with Crippen molar-refractivity contribution >= 4 is 0 Å². The third-order valence-electron chi connectivity index (χ3n) is 3.80. The van der Waals surface area contributed by atoms with Crippen LogP contribution in [0.15, 0.2) is 0 Å². The highest BCUT2D eigenvalue weighted by Gasteiger charge is 2.47. The lowest BCUT2D eigenvalue weighted by molar-refractivity contribution is 0.0768. The van der Waals surface area contributed by atoms with Crippen LogP contribution in [0.4, 0.5) is 0 Å². The molecule has 0 amide bonds. The van der Waals surface area contributed by atoms with Gasteiger partial charge in [-0.1, -0.05) is 6.92 Å². The zero-order valence-electron chi connectivity index (χ0n) is 7.92. The van der Waals surface area contributed by atoms with Crippen LogP contribution >= 0.6 is 0 Å². The van der Waals surface area contributed by atoms with E-state index in [9.17, 15) is 5.11 Å². The molecule has 2 atom stereocenters. The van der Waals surface area contributed by atoms with E-state index in [4.69, 9.17) is 0 Å². The number of fused-ring (bicyclic) bond motifs is 1. The van der Waals surface area contributed by atoms with Crippen LogP contribution in [-0.2, 0) is 0 Å². The van der Waals surface area contributed by atoms with Crippen LogP contribution in [0.2, 0.25) is 0 Å². The Kier molecular flexibility index (Phi) is 2.13. The van der Waals surface area contributed by atoms with Crippen molar-refractivity contribution < 1.29 is 5.11 Å². The second-order valence-electron chi connectivity index (χ2n) is 4.28. The maximum Gasteiger partial charge on any atom is 0.0615 e. The monoisotopic (exact) mass is 169 g/mol. The van der Waals surface area contributed by atoms with Gasteiger partial charge in [-0.2, -0.15) is 0 Å². The lowest BCUT2D eigenvalue weighted by atomic mass is 9.95. The summed E-state index contributed by atoms with van der Waals surface area (Å²) in [5.41, 5.74) is 0.209. The first-order chi connectivity index (χ1) is 5.82. The molecule has 2 rings (SSSR count). The zero-order valence-corrected chi connectivity index (χ0v) is 7.92. The molecular weight excluding hydrogens is 150 g/mol. The van der Waals surface area contributed by atoms with E-state index in [1.165, 1.54) is 38.6 Å². The van der Waals surface area contributed by atoms with Gasteiger partial charge in [0.1, 0.15) is 0 Å². The Morgan fingerprint density at radius 3 is 3.00 bits per heavy atom. The van der Waals surface area contributed by atoms with Crippen molar-refractivity contribution in [3.63, 3.8) is 0 Å². The van der Waals surface area contributed by atoms with E-state index in [2.05, 4.69) is 11.8 Å². The van der Waals surface area contributed by atoms with Gasteiger partial charge in [0.15, 0.2) is 0 Å². The van der Waals surface area contributed by atoms with Gasteiger partial charge >= 0.3 is 0 Å². The molecule has 2 saturated heterocycles. The van der Waals surface area contributed by atoms with Crippen LogP contribution in [0.25, 0.3) is 0 Å². The summed E-state index contributed by atoms with van der Waals surface area (Å²) >= 11 is 0. The van der Waals surface area contributed by atoms with E-state index in [-0.39, 0.29) is 5.54 Å². The molecule has 0 radical (unpaired) electrons. The van der Waals surface area contributed by atoms with Crippen molar-refractivity contribution in [1.82, 2.24) is 4.90 Å². The van der Waals surface area contributed by atoms with Crippen molar-refractivity contribution in [3.05, 3.63) is 0 Å². The van der Waals surface area contributed by atoms with Gasteiger partial charge in [0.25, 0.3) is 0 Å². The predicted octanol–water partition coefficient (Wildman–Crippen LogP) is 1.39. The van der Waals surface area contributed by atoms with Gasteiger partial charge in [0.2, 0.25) is 0 Å². The molecule has 0 bridgehead atoms. The third kappa shape index (κ3) is 1.01. The summed E-state index contributed by atoms with van der Waals surface area (Å²) in [6.45, 7) is 3.86. The zero-order chi connectivity index (χ0) is 8.60. The SMILES string of the molecule is CCC1CCC2(CO)CCCN12. The minimum Gasteiger partial charge on any atom is -0.394 e. The molecule has 2 nitrogen and oxygen atoms in total. The van der Waals surface area contributed by atoms with E-state index < -0.39 is 0 Å². The molecule has 2 unspecified atom stereocenters. The number of hydrogen-bond donors (Lipinski definition) is 1. The average molecular weight is 169 g/mol. The Labute approximate surface area is 74.6 Å². The Hall–Kier alpha value is -0.0800. The first kappa shape index (κ1) is 8.52. The predicted molar refractivity (Wildman–Crippen MR) is 49.1 cm³/mol. The molecule has 0 aromatic carbocycles. The van der Waals surface area contributed by atoms with Crippen molar-refractivity contribution in [1.29, 1.82) is 0 Å². The highest BCUT2D eigenvalue weighted by molar-refractivity contribution is 5.03. The van der Waals surface area contributed by atoms with E-state index in [0.29, 0.717) is 6.61 Å². The summed E-state index contributed by atoms with van der Waals surface area (Å²) in [5.74, 6) is 0. The molecule has 1 N–H and O–H groups in total. The Bertz CT molecular complexity index is 171. The standard InChI is InChI=1S/C10H19NO/c1-2-9-4-6-10(8-12)5-3-7-11(9)10/h9,12H,2-8H2,1H3. The van der Waals surface area contributed by atoms with Crippen molar-refractivity contribution in [2.75, 3.05) is 13.2 Å². The van der Waals surface area contributed by atoms with E-state index >= 15 is 0 Å². The Morgan fingerprint density at radius 1 is 1.50 bits per heavy atom. The van der Waals surface area contributed by atoms with Gasteiger partial charge in [0, 0.05) is 11.6 Å². The van der Waals surface area contributed by atoms with Crippen LogP contribution in [0, 0.1) is 0 Å². The molecule has 0 spiro atoms. The van der Waals surface area contributed by atoms with E-state index in [1.807, 2.05) is 0 Å². The van der Waals surface area contributed by atoms with Gasteiger partial charge in [0.05, 0.1) is 6.61 Å². The van der Waals surface area contributed by atoms with Crippen LogP contribution in [-0.4, -0.2) is 34.7 Å². The summed E-state index contributed by atoms with van der Waals surface area (Å²) in [4.78, 5) is 2.56. The number of aliphatic hydroxyl groups is 1. The summed E-state index contributed by atoms with van der Waals surface area (Å²) in [6, 6.07) is 0.764. The third-order valence-corrected chi connectivity index (χ3v) is 3.80. The van der Waals surface area contributed by atoms with Crippen LogP contribution < -0.4 is 0 Å². The van der Waals surface area contributed by atoms with Gasteiger partial charge < -0.3 is 5.11 Å². The van der Waals surface area contributed by atoms with Crippen molar-refractivity contribution in [2.24, 2.45) is 0 Å². The van der Waals surface area contributed by atoms with E-state index in [0.717, 1.165) is 6.04 Å². The summed E-state index contributed by atoms with van der Waals surface area (Å²) in [6.07, 6.45) is 6.29. The van der Waals surface area contributed by atoms with Crippen LogP contribution in [0.5, 0.6) is 0 Å². The smallest absolute Gasteiger partial charge is 0.0615 e. The van der Waals surface area contributed by atoms with Crippen LogP contribution in [0.3, 0.4) is 0 Å². The molecule has 2 aliphatic heterocycles. The number of rotatable bonds is 2. The number of aliphatic hydroxyl groups excluding tert-OH is 1. The molecule has 2 heterocycles. The number of hydrogen-bond acceptors (Lipinski definition) is 2. The lowest BCUT2D eigenvalue weighted by Gasteiger charge is -2.33. The average Bonchev–Trinajstić information content (AvgIpc) is 2.61. The molecule has 0 saturated carbocycles. The van der Waals surface area contributed by atoms with Gasteiger partial charge in [-0.25, -0.2) is 0 Å². The molecule has 2 aliphatic rings. The Morgan fingerprint density at radius 2 is 2.33 bits per heavy atom. The molecule has 0 aliphatic carbocycles. The minimum atomic E-state index is 0.209. The van der Waals surface area contributed by atoms with Gasteiger partial charge in [-0.05, 0) is 38.6 Å². The summed E-state index contributed by atoms with van der Waals surface area (Å²) < 4.78 is 0. The highest BCUT2D eigenvalue weighted by atomic mass is 16.3. The first-order valence-electron chi connectivity index (χ1n) is 5.20. The molecular formula is C10H19NO. The topological polar surface area (TPSA) is 23.5 Å². The summed E-state index contributed by atoms with van der Waals surface area (Å²) in [5, 5.41) is 9.40. The Balaban J connectivity index is 2.14. The van der Waals surface area contributed by atoms with Gasteiger partial charge in [-0.3, -0.25) is 4.90 Å². The molecule has 0 aromatic heterocycles. The quantitative estimate of drug-likeness (QED) is 0.675. The molecule has 70 valence electrons. The molecule has 0 aromatic rings. The fourth-order valence-corrected chi connectivity index (χ4v) is 3.06. The molecule has 2 fully saturated rings. The normalized spacial score (nSPS) is 42.0. The largest absolute Gasteiger partial charge is 0.394 e. The fraction of sp³-hybridized carbons (Fsp3) is 1.00. The second kappa shape index (κ2) is 3.00. The summed E-state index contributed by atoms with van der Waals surface area (Å²) in [7, 11) is 0. The van der Waals surface area contributed by atoms with Crippen molar-refractivity contribution in [2.45, 2.75) is 50.6 Å². The highest BCUT2D eigenvalue weighted by Crippen LogP contribution is 2.42.